The van der Waals surface area contributed by atoms with E-state index < -0.39 is 15.4 Å². The molecule has 0 aromatic heterocycles. The van der Waals surface area contributed by atoms with Gasteiger partial charge in [0.05, 0.1) is 27.5 Å². The SMILES string of the molecule is COC1(C)CCS(=O)(=O)c2c(C)c(C(C)=C3C(=O)N(C)N=C3C)cc(C)c21. The van der Waals surface area contributed by atoms with Gasteiger partial charge >= 0.3 is 0 Å². The molecule has 3 rings (SSSR count). The van der Waals surface area contributed by atoms with Gasteiger partial charge in [-0.2, -0.15) is 5.10 Å². The summed E-state index contributed by atoms with van der Waals surface area (Å²) in [6.07, 6.45) is 0.424. The van der Waals surface area contributed by atoms with Crippen LogP contribution in [0, 0.1) is 13.8 Å². The molecule has 0 saturated heterocycles. The molecule has 0 N–H and O–H groups in total. The van der Waals surface area contributed by atoms with Crippen molar-refractivity contribution < 1.29 is 17.9 Å². The van der Waals surface area contributed by atoms with E-state index in [1.807, 2.05) is 33.8 Å². The molecule has 1 unspecified atom stereocenters. The van der Waals surface area contributed by atoms with Crippen molar-refractivity contribution in [1.82, 2.24) is 5.01 Å². The van der Waals surface area contributed by atoms with Crippen LogP contribution >= 0.6 is 0 Å². The highest BCUT2D eigenvalue weighted by Crippen LogP contribution is 2.44. The number of methoxy groups -OCH3 is 1. The predicted octanol–water partition coefficient (Wildman–Crippen LogP) is 2.96. The van der Waals surface area contributed by atoms with Crippen LogP contribution in [0.25, 0.3) is 5.57 Å². The molecule has 27 heavy (non-hydrogen) atoms. The molecule has 6 nitrogen and oxygen atoms in total. The normalized spacial score (nSPS) is 26.1. The van der Waals surface area contributed by atoms with Crippen molar-refractivity contribution in [3.8, 4) is 0 Å². The zero-order valence-electron chi connectivity index (χ0n) is 16.9. The number of amides is 1. The van der Waals surface area contributed by atoms with Crippen LogP contribution in [0.15, 0.2) is 21.6 Å². The van der Waals surface area contributed by atoms with Gasteiger partial charge in [-0.15, -0.1) is 0 Å². The van der Waals surface area contributed by atoms with E-state index in [-0.39, 0.29) is 11.7 Å². The fraction of sp³-hybridized carbons (Fsp3) is 0.500. The average molecular weight is 391 g/mol. The van der Waals surface area contributed by atoms with Crippen LogP contribution in [0.1, 0.15) is 49.4 Å². The molecule has 2 aliphatic heterocycles. The molecule has 0 aliphatic carbocycles. The highest BCUT2D eigenvalue weighted by Gasteiger charge is 2.42. The number of benzene rings is 1. The maximum Gasteiger partial charge on any atom is 0.275 e. The first-order valence-corrected chi connectivity index (χ1v) is 10.6. The molecule has 0 fully saturated rings. The maximum absolute atomic E-state index is 13.0. The molecule has 0 radical (unpaired) electrons. The van der Waals surface area contributed by atoms with E-state index in [0.29, 0.717) is 28.2 Å². The number of hydrogen-bond acceptors (Lipinski definition) is 5. The van der Waals surface area contributed by atoms with Gasteiger partial charge < -0.3 is 4.74 Å². The lowest BCUT2D eigenvalue weighted by molar-refractivity contribution is -0.124. The molecule has 146 valence electrons. The number of nitrogens with zero attached hydrogens (tertiary/aromatic N) is 2. The third-order valence-electron chi connectivity index (χ3n) is 5.81. The molecule has 2 heterocycles. The molecular weight excluding hydrogens is 364 g/mol. The first kappa shape index (κ1) is 19.8. The van der Waals surface area contributed by atoms with E-state index in [1.165, 1.54) is 5.01 Å². The van der Waals surface area contributed by atoms with E-state index in [4.69, 9.17) is 4.74 Å². The van der Waals surface area contributed by atoms with Crippen LogP contribution in [-0.4, -0.2) is 45.0 Å². The number of fused-ring (bicyclic) bond motifs is 1. The Morgan fingerprint density at radius 3 is 2.44 bits per heavy atom. The van der Waals surface area contributed by atoms with Crippen LogP contribution in [0.4, 0.5) is 0 Å². The Kier molecular flexibility index (Phi) is 4.59. The molecule has 1 aromatic rings. The summed E-state index contributed by atoms with van der Waals surface area (Å²) in [4.78, 5) is 12.9. The van der Waals surface area contributed by atoms with Crippen molar-refractivity contribution in [2.75, 3.05) is 19.9 Å². The standard InChI is InChI=1S/C20H26N2O4S/c1-11-10-15(12(2)16-14(4)21-22(6)19(16)23)13(3)18-17(11)20(5,26-7)8-9-27(18,24)25/h10H,8-9H2,1-7H3. The number of carbonyl (C=O) groups is 1. The molecule has 0 bridgehead atoms. The third-order valence-corrected chi connectivity index (χ3v) is 7.69. The third kappa shape index (κ3) is 2.84. The fourth-order valence-electron chi connectivity index (χ4n) is 4.29. The molecule has 1 amide bonds. The van der Waals surface area contributed by atoms with Crippen molar-refractivity contribution in [1.29, 1.82) is 0 Å². The first-order chi connectivity index (χ1) is 12.4. The van der Waals surface area contributed by atoms with E-state index in [1.54, 1.807) is 21.1 Å². The minimum absolute atomic E-state index is 0.0475. The fourth-order valence-corrected chi connectivity index (χ4v) is 6.41. The molecule has 7 heteroatoms. The Morgan fingerprint density at radius 1 is 1.30 bits per heavy atom. The first-order valence-electron chi connectivity index (χ1n) is 8.92. The number of aryl methyl sites for hydroxylation is 1. The lowest BCUT2D eigenvalue weighted by Crippen LogP contribution is -2.36. The largest absolute Gasteiger partial charge is 0.374 e. The van der Waals surface area contributed by atoms with Crippen LogP contribution < -0.4 is 0 Å². The highest BCUT2D eigenvalue weighted by atomic mass is 32.2. The summed E-state index contributed by atoms with van der Waals surface area (Å²) in [6, 6.07) is 1.97. The number of hydrazone groups is 1. The summed E-state index contributed by atoms with van der Waals surface area (Å²) in [5.41, 5.74) is 4.29. The minimum atomic E-state index is -3.42. The highest BCUT2D eigenvalue weighted by molar-refractivity contribution is 7.91. The Hall–Kier alpha value is -1.99. The number of likely N-dealkylation sites (N-methyl/N-ethyl adjacent to an activating group) is 1. The van der Waals surface area contributed by atoms with Crippen molar-refractivity contribution in [3.05, 3.63) is 33.9 Å². The number of sulfone groups is 1. The van der Waals surface area contributed by atoms with Gasteiger partial charge in [0.15, 0.2) is 9.84 Å². The van der Waals surface area contributed by atoms with E-state index in [9.17, 15) is 13.2 Å². The van der Waals surface area contributed by atoms with Crippen LogP contribution in [-0.2, 0) is 25.0 Å². The zero-order chi connectivity index (χ0) is 20.3. The van der Waals surface area contributed by atoms with Gasteiger partial charge in [-0.3, -0.25) is 4.79 Å². The Bertz CT molecular complexity index is 1020. The van der Waals surface area contributed by atoms with Crippen molar-refractivity contribution >= 4 is 27.0 Å². The molecular formula is C20H26N2O4S. The van der Waals surface area contributed by atoms with Crippen LogP contribution in [0.5, 0.6) is 0 Å². The van der Waals surface area contributed by atoms with Gasteiger partial charge in [0.25, 0.3) is 5.91 Å². The number of allylic oxidation sites excluding steroid dienone is 1. The second-order valence-corrected chi connectivity index (χ2v) is 9.63. The summed E-state index contributed by atoms with van der Waals surface area (Å²) in [5.74, 6) is -0.129. The number of rotatable bonds is 2. The van der Waals surface area contributed by atoms with Crippen LogP contribution in [0.2, 0.25) is 0 Å². The van der Waals surface area contributed by atoms with E-state index in [0.717, 1.165) is 22.3 Å². The molecule has 0 saturated carbocycles. The number of hydrogen-bond donors (Lipinski definition) is 0. The van der Waals surface area contributed by atoms with Gasteiger partial charge in [0, 0.05) is 19.7 Å². The molecule has 2 aliphatic rings. The van der Waals surface area contributed by atoms with Crippen LogP contribution in [0.3, 0.4) is 0 Å². The summed E-state index contributed by atoms with van der Waals surface area (Å²) in [6.45, 7) is 9.29. The Morgan fingerprint density at radius 2 is 1.93 bits per heavy atom. The second kappa shape index (κ2) is 6.27. The predicted molar refractivity (Wildman–Crippen MR) is 105 cm³/mol. The zero-order valence-corrected chi connectivity index (χ0v) is 17.7. The summed E-state index contributed by atoms with van der Waals surface area (Å²) >= 11 is 0. The topological polar surface area (TPSA) is 76.0 Å². The van der Waals surface area contributed by atoms with Crippen molar-refractivity contribution in [2.24, 2.45) is 5.10 Å². The van der Waals surface area contributed by atoms with Gasteiger partial charge in [-0.05, 0) is 63.3 Å². The number of carbonyl (C=O) groups excluding carboxylic acids is 1. The van der Waals surface area contributed by atoms with Crippen molar-refractivity contribution in [2.45, 2.75) is 51.5 Å². The maximum atomic E-state index is 13.0. The lowest BCUT2D eigenvalue weighted by Gasteiger charge is -2.37. The Labute approximate surface area is 160 Å². The minimum Gasteiger partial charge on any atom is -0.374 e. The van der Waals surface area contributed by atoms with E-state index >= 15 is 0 Å². The molecule has 1 atom stereocenters. The summed E-state index contributed by atoms with van der Waals surface area (Å²) in [7, 11) is -0.190. The van der Waals surface area contributed by atoms with E-state index in [2.05, 4.69) is 5.10 Å². The lowest BCUT2D eigenvalue weighted by atomic mass is 9.84. The second-order valence-electron chi connectivity index (χ2n) is 7.59. The average Bonchev–Trinajstić information content (AvgIpc) is 2.85. The smallest absolute Gasteiger partial charge is 0.275 e. The number of ether oxygens (including phenoxy) is 1. The van der Waals surface area contributed by atoms with Crippen molar-refractivity contribution in [3.63, 3.8) is 0 Å². The summed E-state index contributed by atoms with van der Waals surface area (Å²) < 4.78 is 31.6. The molecule has 1 aromatic carbocycles. The monoisotopic (exact) mass is 390 g/mol. The van der Waals surface area contributed by atoms with Gasteiger partial charge in [0.2, 0.25) is 0 Å². The Balaban J connectivity index is 2.36. The van der Waals surface area contributed by atoms with Gasteiger partial charge in [0.1, 0.15) is 0 Å². The quantitative estimate of drug-likeness (QED) is 0.728. The summed E-state index contributed by atoms with van der Waals surface area (Å²) in [5, 5.41) is 5.52. The molecule has 0 spiro atoms. The van der Waals surface area contributed by atoms with Gasteiger partial charge in [-0.1, -0.05) is 6.07 Å². The van der Waals surface area contributed by atoms with Gasteiger partial charge in [-0.25, -0.2) is 13.4 Å².